The highest BCUT2D eigenvalue weighted by molar-refractivity contribution is 7.99. The molecule has 0 aliphatic rings. The van der Waals surface area contributed by atoms with Crippen LogP contribution in [0.2, 0.25) is 0 Å². The third kappa shape index (κ3) is 4.47. The summed E-state index contributed by atoms with van der Waals surface area (Å²) in [6.07, 6.45) is 0.350. The summed E-state index contributed by atoms with van der Waals surface area (Å²) in [5.74, 6) is 1.31. The molecule has 0 fully saturated rings. The predicted octanol–water partition coefficient (Wildman–Crippen LogP) is 6.64. The Hall–Kier alpha value is -3.68. The number of hydrogen-bond acceptors (Lipinski definition) is 5. The van der Waals surface area contributed by atoms with Crippen molar-refractivity contribution < 1.29 is 17.9 Å². The second kappa shape index (κ2) is 10.1. The van der Waals surface area contributed by atoms with E-state index >= 15 is 0 Å². The number of fused-ring (bicyclic) bond motifs is 1. The first-order valence-corrected chi connectivity index (χ1v) is 13.7. The lowest BCUT2D eigenvalue weighted by molar-refractivity contribution is 0.391. The lowest BCUT2D eigenvalue weighted by Gasteiger charge is -2.15. The lowest BCUT2D eigenvalue weighted by atomic mass is 10.1. The third-order valence-corrected chi connectivity index (χ3v) is 8.90. The molecule has 0 amide bonds. The topological polar surface area (TPSA) is 57.5 Å². The minimum absolute atomic E-state index is 0.241. The molecular weight excluding hydrogens is 490 g/mol. The summed E-state index contributed by atoms with van der Waals surface area (Å²) in [6.45, 7) is 0. The largest absolute Gasteiger partial charge is 0.497 e. The van der Waals surface area contributed by atoms with Gasteiger partial charge in [0.05, 0.1) is 30.3 Å². The van der Waals surface area contributed by atoms with Crippen LogP contribution in [0.4, 0.5) is 0 Å². The Bertz CT molecular complexity index is 1610. The molecule has 5 rings (SSSR count). The van der Waals surface area contributed by atoms with Crippen LogP contribution in [0.3, 0.4) is 0 Å². The minimum Gasteiger partial charge on any atom is -0.497 e. The second-order valence-electron chi connectivity index (χ2n) is 8.15. The van der Waals surface area contributed by atoms with Crippen molar-refractivity contribution in [3.05, 3.63) is 114 Å². The van der Waals surface area contributed by atoms with Crippen LogP contribution < -0.4 is 9.47 Å². The summed E-state index contributed by atoms with van der Waals surface area (Å²) in [4.78, 5) is 2.17. The first kappa shape index (κ1) is 24.0. The molecule has 0 saturated carbocycles. The zero-order valence-electron chi connectivity index (χ0n) is 19.9. The monoisotopic (exact) mass is 515 g/mol. The van der Waals surface area contributed by atoms with Gasteiger partial charge < -0.3 is 9.47 Å². The zero-order valence-corrected chi connectivity index (χ0v) is 21.6. The molecule has 0 radical (unpaired) electrons. The Morgan fingerprint density at radius 2 is 1.44 bits per heavy atom. The number of hydrogen-bond donors (Lipinski definition) is 0. The Balaban J connectivity index is 1.79. The van der Waals surface area contributed by atoms with Crippen molar-refractivity contribution in [1.29, 1.82) is 0 Å². The van der Waals surface area contributed by atoms with Crippen LogP contribution in [0, 0.1) is 0 Å². The molecule has 0 unspecified atom stereocenters. The molecule has 0 N–H and O–H groups in total. The molecule has 1 aromatic heterocycles. The van der Waals surface area contributed by atoms with Gasteiger partial charge in [-0.3, -0.25) is 0 Å². The van der Waals surface area contributed by atoms with Gasteiger partial charge in [0.1, 0.15) is 11.5 Å². The van der Waals surface area contributed by atoms with Gasteiger partial charge in [0.25, 0.3) is 10.0 Å². The lowest BCUT2D eigenvalue weighted by Crippen LogP contribution is -2.16. The predicted molar refractivity (Wildman–Crippen MR) is 144 cm³/mol. The molecular formula is C29H25NO4S2. The van der Waals surface area contributed by atoms with Crippen LogP contribution in [0.5, 0.6) is 11.5 Å². The second-order valence-corrected chi connectivity index (χ2v) is 11.0. The summed E-state index contributed by atoms with van der Waals surface area (Å²) in [6, 6.07) is 31.8. The van der Waals surface area contributed by atoms with Gasteiger partial charge in [-0.05, 0) is 36.4 Å². The van der Waals surface area contributed by atoms with E-state index in [2.05, 4.69) is 0 Å². The van der Waals surface area contributed by atoms with Crippen molar-refractivity contribution in [2.45, 2.75) is 21.1 Å². The molecule has 0 aliphatic heterocycles. The van der Waals surface area contributed by atoms with Crippen LogP contribution in [0.1, 0.15) is 11.3 Å². The quantitative estimate of drug-likeness (QED) is 0.232. The van der Waals surface area contributed by atoms with E-state index in [4.69, 9.17) is 9.47 Å². The van der Waals surface area contributed by atoms with Crippen LogP contribution in [-0.2, 0) is 16.4 Å². The summed E-state index contributed by atoms with van der Waals surface area (Å²) < 4.78 is 40.7. The molecule has 0 bridgehead atoms. The van der Waals surface area contributed by atoms with Gasteiger partial charge in [-0.25, -0.2) is 12.4 Å². The molecule has 0 aliphatic carbocycles. The van der Waals surface area contributed by atoms with E-state index in [1.165, 1.54) is 3.97 Å². The third-order valence-electron chi connectivity index (χ3n) is 5.97. The van der Waals surface area contributed by atoms with E-state index in [-0.39, 0.29) is 4.90 Å². The number of ether oxygens (including phenoxy) is 2. The normalized spacial score (nSPS) is 11.5. The average molecular weight is 516 g/mol. The maximum Gasteiger partial charge on any atom is 0.268 e. The summed E-state index contributed by atoms with van der Waals surface area (Å²) in [7, 11) is -0.673. The van der Waals surface area contributed by atoms with E-state index in [1.807, 2.05) is 78.9 Å². The molecule has 5 nitrogen and oxygen atoms in total. The summed E-state index contributed by atoms with van der Waals surface area (Å²) in [5.41, 5.74) is 2.18. The summed E-state index contributed by atoms with van der Waals surface area (Å²) in [5, 5.41) is 0.883. The molecule has 182 valence electrons. The maximum atomic E-state index is 14.1. The highest BCUT2D eigenvalue weighted by atomic mass is 32.2. The Morgan fingerprint density at radius 1 is 0.778 bits per heavy atom. The maximum absolute atomic E-state index is 14.1. The van der Waals surface area contributed by atoms with Gasteiger partial charge in [0, 0.05) is 33.2 Å². The fourth-order valence-corrected chi connectivity index (χ4v) is 6.99. The molecule has 0 spiro atoms. The highest BCUT2D eigenvalue weighted by Crippen LogP contribution is 2.42. The van der Waals surface area contributed by atoms with Crippen molar-refractivity contribution in [3.63, 3.8) is 0 Å². The summed E-state index contributed by atoms with van der Waals surface area (Å²) >= 11 is 1.57. The Labute approximate surface area is 215 Å². The first-order valence-electron chi connectivity index (χ1n) is 11.4. The van der Waals surface area contributed by atoms with Gasteiger partial charge in [0.15, 0.2) is 0 Å². The minimum atomic E-state index is -3.88. The number of aromatic nitrogens is 1. The van der Waals surface area contributed by atoms with Crippen LogP contribution >= 0.6 is 11.8 Å². The van der Waals surface area contributed by atoms with Crippen molar-refractivity contribution in [1.82, 2.24) is 3.97 Å². The van der Waals surface area contributed by atoms with Gasteiger partial charge in [-0.15, -0.1) is 0 Å². The highest BCUT2D eigenvalue weighted by Gasteiger charge is 2.28. The Kier molecular flexibility index (Phi) is 6.76. The Morgan fingerprint density at radius 3 is 2.14 bits per heavy atom. The fraction of sp³-hybridized carbons (Fsp3) is 0.103. The van der Waals surface area contributed by atoms with Gasteiger partial charge in [0.2, 0.25) is 0 Å². The van der Waals surface area contributed by atoms with Gasteiger partial charge >= 0.3 is 0 Å². The molecule has 7 heteroatoms. The van der Waals surface area contributed by atoms with E-state index < -0.39 is 10.0 Å². The number of rotatable bonds is 8. The molecule has 4 aromatic carbocycles. The van der Waals surface area contributed by atoms with Crippen molar-refractivity contribution >= 4 is 32.7 Å². The van der Waals surface area contributed by atoms with Crippen molar-refractivity contribution in [2.75, 3.05) is 14.2 Å². The number of para-hydroxylation sites is 1. The van der Waals surface area contributed by atoms with E-state index in [1.54, 1.807) is 50.2 Å². The smallest absolute Gasteiger partial charge is 0.268 e. The van der Waals surface area contributed by atoms with E-state index in [9.17, 15) is 8.42 Å². The fourth-order valence-electron chi connectivity index (χ4n) is 4.26. The van der Waals surface area contributed by atoms with Crippen LogP contribution in [0.15, 0.2) is 118 Å². The molecule has 0 atom stereocenters. The van der Waals surface area contributed by atoms with Crippen LogP contribution in [0.25, 0.3) is 10.9 Å². The van der Waals surface area contributed by atoms with Crippen molar-refractivity contribution in [2.24, 2.45) is 0 Å². The number of nitrogens with zero attached hydrogens (tertiary/aromatic N) is 1. The van der Waals surface area contributed by atoms with Gasteiger partial charge in [-0.2, -0.15) is 0 Å². The number of benzene rings is 4. The molecule has 5 aromatic rings. The molecule has 36 heavy (non-hydrogen) atoms. The van der Waals surface area contributed by atoms with Crippen LogP contribution in [-0.4, -0.2) is 26.6 Å². The van der Waals surface area contributed by atoms with Gasteiger partial charge in [-0.1, -0.05) is 72.4 Å². The van der Waals surface area contributed by atoms with E-state index in [0.717, 1.165) is 20.7 Å². The molecule has 0 saturated heterocycles. The first-order chi connectivity index (χ1) is 17.5. The standard InChI is InChI=1S/C29H25NO4S2/c1-33-22-18-17-21(28(20-22)34-2)19-27-29(35-23-11-5-3-6-12-23)25-15-9-10-16-26(25)30(27)36(31,32)24-13-7-4-8-14-24/h3-18,20H,19H2,1-2H3. The average Bonchev–Trinajstić information content (AvgIpc) is 3.23. The number of methoxy groups -OCH3 is 2. The zero-order chi connectivity index (χ0) is 25.1. The van der Waals surface area contributed by atoms with Crippen molar-refractivity contribution in [3.8, 4) is 11.5 Å². The molecule has 1 heterocycles. The SMILES string of the molecule is COc1ccc(Cc2c(Sc3ccccc3)c3ccccc3n2S(=O)(=O)c2ccccc2)c(OC)c1. The van der Waals surface area contributed by atoms with E-state index in [0.29, 0.717) is 29.1 Å².